The molecule has 0 amide bonds. The second kappa shape index (κ2) is 9.76. The van der Waals surface area contributed by atoms with Crippen LogP contribution in [0.25, 0.3) is 0 Å². The summed E-state index contributed by atoms with van der Waals surface area (Å²) in [4.78, 5) is 5.36. The van der Waals surface area contributed by atoms with Gasteiger partial charge in [-0.1, -0.05) is 20.3 Å². The Morgan fingerprint density at radius 1 is 0.944 bits per heavy atom. The minimum atomic E-state index is 0.808. The van der Waals surface area contributed by atoms with E-state index in [9.17, 15) is 0 Å². The molecule has 1 heterocycles. The minimum Gasteiger partial charge on any atom is -0.330 e. The van der Waals surface area contributed by atoms with Crippen LogP contribution >= 0.6 is 0 Å². The third-order valence-electron chi connectivity index (χ3n) is 4.26. The lowest BCUT2D eigenvalue weighted by molar-refractivity contribution is 0.187. The van der Waals surface area contributed by atoms with Crippen LogP contribution in [-0.2, 0) is 0 Å². The first-order valence-electron chi connectivity index (χ1n) is 7.98. The molecule has 3 nitrogen and oxygen atoms in total. The zero-order chi connectivity index (χ0) is 13.2. The van der Waals surface area contributed by atoms with E-state index in [-0.39, 0.29) is 0 Å². The van der Waals surface area contributed by atoms with E-state index in [4.69, 9.17) is 5.73 Å². The molecular weight excluding hydrogens is 222 g/mol. The molecule has 1 aliphatic heterocycles. The standard InChI is InChI=1S/C15H33N3/c1-3-15(4-2)18-12-8-11-17(13-14-18)10-7-5-6-9-16/h15H,3-14,16H2,1-2H3. The van der Waals surface area contributed by atoms with Crippen LogP contribution in [0.15, 0.2) is 0 Å². The Morgan fingerprint density at radius 3 is 2.39 bits per heavy atom. The number of hydrogen-bond donors (Lipinski definition) is 1. The SMILES string of the molecule is CCC(CC)N1CCCN(CCCCCN)CC1. The van der Waals surface area contributed by atoms with E-state index in [2.05, 4.69) is 23.6 Å². The van der Waals surface area contributed by atoms with Crippen LogP contribution in [0.5, 0.6) is 0 Å². The lowest BCUT2D eigenvalue weighted by Crippen LogP contribution is -2.37. The Bertz CT molecular complexity index is 192. The van der Waals surface area contributed by atoms with Crippen molar-refractivity contribution >= 4 is 0 Å². The molecule has 0 aliphatic carbocycles. The van der Waals surface area contributed by atoms with Gasteiger partial charge in [0.05, 0.1) is 0 Å². The molecule has 0 radical (unpaired) electrons. The summed E-state index contributed by atoms with van der Waals surface area (Å²) in [5.41, 5.74) is 5.53. The molecule has 0 unspecified atom stereocenters. The zero-order valence-electron chi connectivity index (χ0n) is 12.5. The quantitative estimate of drug-likeness (QED) is 0.676. The molecule has 1 saturated heterocycles. The minimum absolute atomic E-state index is 0.808. The summed E-state index contributed by atoms with van der Waals surface area (Å²) in [6, 6.07) is 0.808. The smallest absolute Gasteiger partial charge is 0.0112 e. The predicted molar refractivity (Wildman–Crippen MR) is 79.9 cm³/mol. The van der Waals surface area contributed by atoms with E-state index in [0.717, 1.165) is 12.6 Å². The summed E-state index contributed by atoms with van der Waals surface area (Å²) in [5, 5.41) is 0. The van der Waals surface area contributed by atoms with Gasteiger partial charge in [0.15, 0.2) is 0 Å². The molecule has 2 N–H and O–H groups in total. The van der Waals surface area contributed by atoms with E-state index in [1.165, 1.54) is 71.2 Å². The van der Waals surface area contributed by atoms with Crippen molar-refractivity contribution in [2.75, 3.05) is 39.3 Å². The molecule has 0 bridgehead atoms. The van der Waals surface area contributed by atoms with Crippen LogP contribution < -0.4 is 5.73 Å². The molecular formula is C15H33N3. The highest BCUT2D eigenvalue weighted by molar-refractivity contribution is 4.75. The van der Waals surface area contributed by atoms with Gasteiger partial charge in [-0.05, 0) is 58.3 Å². The van der Waals surface area contributed by atoms with Gasteiger partial charge < -0.3 is 10.6 Å². The lowest BCUT2D eigenvalue weighted by atomic mass is 10.1. The van der Waals surface area contributed by atoms with Gasteiger partial charge in [0.25, 0.3) is 0 Å². The van der Waals surface area contributed by atoms with Crippen molar-refractivity contribution in [3.8, 4) is 0 Å². The zero-order valence-corrected chi connectivity index (χ0v) is 12.5. The Hall–Kier alpha value is -0.120. The molecule has 0 atom stereocenters. The van der Waals surface area contributed by atoms with Crippen LogP contribution in [0.4, 0.5) is 0 Å². The maximum atomic E-state index is 5.53. The van der Waals surface area contributed by atoms with Gasteiger partial charge in [0, 0.05) is 19.1 Å². The fourth-order valence-corrected chi connectivity index (χ4v) is 3.04. The highest BCUT2D eigenvalue weighted by Crippen LogP contribution is 2.12. The third kappa shape index (κ3) is 5.68. The number of hydrogen-bond acceptors (Lipinski definition) is 3. The van der Waals surface area contributed by atoms with E-state index < -0.39 is 0 Å². The molecule has 1 fully saturated rings. The van der Waals surface area contributed by atoms with Gasteiger partial charge >= 0.3 is 0 Å². The summed E-state index contributed by atoms with van der Waals surface area (Å²) >= 11 is 0. The molecule has 18 heavy (non-hydrogen) atoms. The second-order valence-corrected chi connectivity index (χ2v) is 5.55. The first-order chi connectivity index (χ1) is 8.81. The maximum absolute atomic E-state index is 5.53. The normalized spacial score (nSPS) is 19.3. The monoisotopic (exact) mass is 255 g/mol. The fourth-order valence-electron chi connectivity index (χ4n) is 3.04. The fraction of sp³-hybridized carbons (Fsp3) is 1.00. The molecule has 1 aliphatic rings. The van der Waals surface area contributed by atoms with Gasteiger partial charge in [0.1, 0.15) is 0 Å². The summed E-state index contributed by atoms with van der Waals surface area (Å²) in [6.07, 6.45) is 7.74. The van der Waals surface area contributed by atoms with Crippen molar-refractivity contribution in [2.45, 2.75) is 58.4 Å². The average molecular weight is 255 g/mol. The van der Waals surface area contributed by atoms with Crippen LogP contribution in [0, 0.1) is 0 Å². The highest BCUT2D eigenvalue weighted by Gasteiger charge is 2.19. The van der Waals surface area contributed by atoms with Gasteiger partial charge in [0.2, 0.25) is 0 Å². The van der Waals surface area contributed by atoms with Crippen molar-refractivity contribution in [3.05, 3.63) is 0 Å². The largest absolute Gasteiger partial charge is 0.330 e. The number of rotatable bonds is 8. The van der Waals surface area contributed by atoms with E-state index >= 15 is 0 Å². The van der Waals surface area contributed by atoms with Crippen molar-refractivity contribution in [1.82, 2.24) is 9.80 Å². The Morgan fingerprint density at radius 2 is 1.72 bits per heavy atom. The van der Waals surface area contributed by atoms with E-state index in [0.29, 0.717) is 0 Å². The Balaban J connectivity index is 2.23. The van der Waals surface area contributed by atoms with Crippen LogP contribution in [-0.4, -0.2) is 55.1 Å². The summed E-state index contributed by atoms with van der Waals surface area (Å²) < 4.78 is 0. The van der Waals surface area contributed by atoms with E-state index in [1.54, 1.807) is 0 Å². The molecule has 108 valence electrons. The van der Waals surface area contributed by atoms with Gasteiger partial charge in [-0.25, -0.2) is 0 Å². The number of nitrogens with zero attached hydrogens (tertiary/aromatic N) is 2. The lowest BCUT2D eigenvalue weighted by Gasteiger charge is -2.29. The first kappa shape index (κ1) is 15.9. The molecule has 0 saturated carbocycles. The summed E-state index contributed by atoms with van der Waals surface area (Å²) in [6.45, 7) is 11.9. The first-order valence-corrected chi connectivity index (χ1v) is 7.98. The number of nitrogens with two attached hydrogens (primary N) is 1. The average Bonchev–Trinajstić information content (AvgIpc) is 2.62. The number of unbranched alkanes of at least 4 members (excludes halogenated alkanes) is 2. The van der Waals surface area contributed by atoms with Crippen molar-refractivity contribution in [3.63, 3.8) is 0 Å². The molecule has 0 spiro atoms. The van der Waals surface area contributed by atoms with Crippen LogP contribution in [0.1, 0.15) is 52.4 Å². The van der Waals surface area contributed by atoms with E-state index in [1.807, 2.05) is 0 Å². The second-order valence-electron chi connectivity index (χ2n) is 5.55. The maximum Gasteiger partial charge on any atom is 0.0112 e. The molecule has 0 aromatic carbocycles. The van der Waals surface area contributed by atoms with Crippen molar-refractivity contribution in [2.24, 2.45) is 5.73 Å². The topological polar surface area (TPSA) is 32.5 Å². The summed E-state index contributed by atoms with van der Waals surface area (Å²) in [7, 11) is 0. The van der Waals surface area contributed by atoms with Crippen LogP contribution in [0.2, 0.25) is 0 Å². The third-order valence-corrected chi connectivity index (χ3v) is 4.26. The highest BCUT2D eigenvalue weighted by atomic mass is 15.2. The molecule has 0 aromatic heterocycles. The summed E-state index contributed by atoms with van der Waals surface area (Å²) in [5.74, 6) is 0. The van der Waals surface area contributed by atoms with Gasteiger partial charge in [-0.2, -0.15) is 0 Å². The predicted octanol–water partition coefficient (Wildman–Crippen LogP) is 2.31. The van der Waals surface area contributed by atoms with Gasteiger partial charge in [-0.15, -0.1) is 0 Å². The van der Waals surface area contributed by atoms with Crippen molar-refractivity contribution < 1.29 is 0 Å². The molecule has 0 aromatic rings. The van der Waals surface area contributed by atoms with Crippen LogP contribution in [0.3, 0.4) is 0 Å². The van der Waals surface area contributed by atoms with Crippen molar-refractivity contribution in [1.29, 1.82) is 0 Å². The molecule has 1 rings (SSSR count). The Labute approximate surface area is 114 Å². The Kier molecular flexibility index (Phi) is 8.64. The molecule has 3 heteroatoms. The van der Waals surface area contributed by atoms with Gasteiger partial charge in [-0.3, -0.25) is 4.90 Å².